The largest absolute Gasteiger partial charge is 0.495 e. The second-order valence-corrected chi connectivity index (χ2v) is 8.31. The van der Waals surface area contributed by atoms with Crippen molar-refractivity contribution in [1.29, 1.82) is 0 Å². The first-order valence-electron chi connectivity index (χ1n) is 10.7. The number of benzene rings is 2. The zero-order valence-electron chi connectivity index (χ0n) is 19.8. The molecule has 0 saturated heterocycles. The van der Waals surface area contributed by atoms with Crippen molar-refractivity contribution >= 4 is 38.7 Å². The number of ether oxygens (including phenoxy) is 4. The van der Waals surface area contributed by atoms with E-state index in [1.165, 1.54) is 17.4 Å². The van der Waals surface area contributed by atoms with Gasteiger partial charge in [-0.2, -0.15) is 0 Å². The normalized spacial score (nSPS) is 11.0. The average Bonchev–Trinajstić information content (AvgIpc) is 3.35. The molecule has 2 aromatic carbocycles. The maximum atomic E-state index is 13.4. The van der Waals surface area contributed by atoms with Crippen molar-refractivity contribution in [2.45, 2.75) is 6.54 Å². The van der Waals surface area contributed by atoms with E-state index in [1.54, 1.807) is 63.8 Å². The first-order valence-corrected chi connectivity index (χ1v) is 11.5. The van der Waals surface area contributed by atoms with Gasteiger partial charge in [-0.3, -0.25) is 14.7 Å². The van der Waals surface area contributed by atoms with E-state index in [4.69, 9.17) is 23.9 Å². The molecule has 0 aliphatic heterocycles. The second kappa shape index (κ2) is 10.9. The fourth-order valence-corrected chi connectivity index (χ4v) is 4.58. The third-order valence-electron chi connectivity index (χ3n) is 5.27. The quantitative estimate of drug-likeness (QED) is 0.306. The first kappa shape index (κ1) is 24.0. The molecule has 2 aromatic heterocycles. The number of thiazole rings is 1. The zero-order chi connectivity index (χ0) is 24.8. The number of methoxy groups -OCH3 is 4. The van der Waals surface area contributed by atoms with Gasteiger partial charge in [0.25, 0.3) is 5.91 Å². The lowest BCUT2D eigenvalue weighted by atomic mass is 10.2. The van der Waals surface area contributed by atoms with Gasteiger partial charge in [-0.05, 0) is 48.0 Å². The fourth-order valence-electron chi connectivity index (χ4n) is 3.50. The number of pyridine rings is 1. The summed E-state index contributed by atoms with van der Waals surface area (Å²) in [5.41, 5.74) is 2.16. The Kier molecular flexibility index (Phi) is 7.47. The number of rotatable bonds is 9. The topological polar surface area (TPSA) is 83.0 Å². The Balaban J connectivity index is 1.72. The lowest BCUT2D eigenvalue weighted by Crippen LogP contribution is -2.29. The lowest BCUT2D eigenvalue weighted by molar-refractivity contribution is -0.114. The summed E-state index contributed by atoms with van der Waals surface area (Å²) in [6, 6.07) is 14.7. The van der Waals surface area contributed by atoms with Gasteiger partial charge in [-0.25, -0.2) is 4.98 Å². The summed E-state index contributed by atoms with van der Waals surface area (Å²) in [7, 11) is 6.33. The van der Waals surface area contributed by atoms with Crippen molar-refractivity contribution in [3.05, 3.63) is 72.1 Å². The van der Waals surface area contributed by atoms with Crippen molar-refractivity contribution in [2.75, 3.05) is 33.3 Å². The Bertz CT molecular complexity index is 1310. The van der Waals surface area contributed by atoms with Crippen LogP contribution in [-0.4, -0.2) is 44.3 Å². The fraction of sp³-hybridized carbons (Fsp3) is 0.192. The van der Waals surface area contributed by atoms with Crippen molar-refractivity contribution in [3.63, 3.8) is 0 Å². The summed E-state index contributed by atoms with van der Waals surface area (Å²) in [4.78, 5) is 24.2. The van der Waals surface area contributed by atoms with Gasteiger partial charge < -0.3 is 18.9 Å². The highest BCUT2D eigenvalue weighted by molar-refractivity contribution is 7.22. The zero-order valence-corrected chi connectivity index (χ0v) is 20.7. The van der Waals surface area contributed by atoms with Crippen LogP contribution in [0.3, 0.4) is 0 Å². The van der Waals surface area contributed by atoms with E-state index in [9.17, 15) is 4.79 Å². The van der Waals surface area contributed by atoms with E-state index in [1.807, 2.05) is 30.3 Å². The van der Waals surface area contributed by atoms with E-state index in [2.05, 4.69) is 4.98 Å². The van der Waals surface area contributed by atoms with Crippen LogP contribution in [0.25, 0.3) is 16.3 Å². The summed E-state index contributed by atoms with van der Waals surface area (Å²) >= 11 is 1.36. The number of amides is 1. The van der Waals surface area contributed by atoms with Gasteiger partial charge >= 0.3 is 0 Å². The Morgan fingerprint density at radius 2 is 1.63 bits per heavy atom. The molecule has 0 fully saturated rings. The molecule has 0 aliphatic rings. The van der Waals surface area contributed by atoms with Crippen LogP contribution in [0.5, 0.6) is 23.0 Å². The van der Waals surface area contributed by atoms with E-state index >= 15 is 0 Å². The SMILES string of the molecule is COc1ccc(/C=C/C(=O)N(Cc2ccccn2)c2nc3c(OC)ccc(OC)c3s2)cc1OC. The number of anilines is 1. The summed E-state index contributed by atoms with van der Waals surface area (Å²) in [6.07, 6.45) is 4.93. The highest BCUT2D eigenvalue weighted by Crippen LogP contribution is 2.40. The highest BCUT2D eigenvalue weighted by atomic mass is 32.1. The van der Waals surface area contributed by atoms with Gasteiger partial charge in [-0.1, -0.05) is 23.5 Å². The minimum atomic E-state index is -0.248. The van der Waals surface area contributed by atoms with Gasteiger partial charge in [0.05, 0.1) is 40.7 Å². The van der Waals surface area contributed by atoms with E-state index in [0.29, 0.717) is 33.6 Å². The van der Waals surface area contributed by atoms with Crippen molar-refractivity contribution in [3.8, 4) is 23.0 Å². The number of carbonyl (C=O) groups excluding carboxylic acids is 1. The molecule has 2 heterocycles. The molecule has 180 valence electrons. The molecule has 4 aromatic rings. The van der Waals surface area contributed by atoms with Crippen LogP contribution in [0, 0.1) is 0 Å². The third-order valence-corrected chi connectivity index (χ3v) is 6.36. The van der Waals surface area contributed by atoms with Crippen LogP contribution >= 0.6 is 11.3 Å². The molecule has 0 aliphatic carbocycles. The van der Waals surface area contributed by atoms with Crippen LogP contribution in [0.4, 0.5) is 5.13 Å². The van der Waals surface area contributed by atoms with Crippen LogP contribution in [0.2, 0.25) is 0 Å². The first-order chi connectivity index (χ1) is 17.1. The highest BCUT2D eigenvalue weighted by Gasteiger charge is 2.22. The number of hydrogen-bond donors (Lipinski definition) is 0. The number of hydrogen-bond acceptors (Lipinski definition) is 8. The van der Waals surface area contributed by atoms with Crippen LogP contribution < -0.4 is 23.8 Å². The van der Waals surface area contributed by atoms with Gasteiger partial charge in [0, 0.05) is 12.3 Å². The Labute approximate surface area is 207 Å². The van der Waals surface area contributed by atoms with Crippen LogP contribution in [0.1, 0.15) is 11.3 Å². The molecule has 35 heavy (non-hydrogen) atoms. The molecule has 8 nitrogen and oxygen atoms in total. The molecule has 0 bridgehead atoms. The second-order valence-electron chi connectivity index (χ2n) is 7.34. The Hall–Kier alpha value is -4.11. The number of fused-ring (bicyclic) bond motifs is 1. The summed E-state index contributed by atoms with van der Waals surface area (Å²) in [6.45, 7) is 0.250. The molecular weight excluding hydrogens is 466 g/mol. The summed E-state index contributed by atoms with van der Waals surface area (Å²) in [5, 5.41) is 0.510. The lowest BCUT2D eigenvalue weighted by Gasteiger charge is -2.17. The monoisotopic (exact) mass is 491 g/mol. The molecule has 0 radical (unpaired) electrons. The predicted octanol–water partition coefficient (Wildman–Crippen LogP) is 4.97. The van der Waals surface area contributed by atoms with E-state index in [0.717, 1.165) is 16.0 Å². The summed E-state index contributed by atoms with van der Waals surface area (Å²) < 4.78 is 22.4. The van der Waals surface area contributed by atoms with E-state index < -0.39 is 0 Å². The van der Waals surface area contributed by atoms with Gasteiger partial charge in [0.15, 0.2) is 16.6 Å². The smallest absolute Gasteiger partial charge is 0.253 e. The van der Waals surface area contributed by atoms with Crippen LogP contribution in [0.15, 0.2) is 60.8 Å². The van der Waals surface area contributed by atoms with Gasteiger partial charge in [-0.15, -0.1) is 0 Å². The third kappa shape index (κ3) is 5.20. The maximum Gasteiger partial charge on any atom is 0.253 e. The molecule has 1 amide bonds. The Morgan fingerprint density at radius 1 is 0.914 bits per heavy atom. The number of nitrogens with zero attached hydrogens (tertiary/aromatic N) is 3. The molecule has 4 rings (SSSR count). The van der Waals surface area contributed by atoms with Crippen molar-refractivity contribution < 1.29 is 23.7 Å². The summed E-state index contributed by atoms with van der Waals surface area (Å²) in [5.74, 6) is 2.22. The van der Waals surface area contributed by atoms with Gasteiger partial charge in [0.1, 0.15) is 21.7 Å². The minimum Gasteiger partial charge on any atom is -0.495 e. The van der Waals surface area contributed by atoms with E-state index in [-0.39, 0.29) is 12.5 Å². The minimum absolute atomic E-state index is 0.248. The molecule has 0 N–H and O–H groups in total. The van der Waals surface area contributed by atoms with Gasteiger partial charge in [0.2, 0.25) is 0 Å². The predicted molar refractivity (Wildman–Crippen MR) is 137 cm³/mol. The molecule has 0 atom stereocenters. The number of aromatic nitrogens is 2. The van der Waals surface area contributed by atoms with Crippen molar-refractivity contribution in [2.24, 2.45) is 0 Å². The standard InChI is InChI=1S/C26H25N3O5S/c1-31-19-10-8-17(15-22(19)34-4)9-13-23(30)29(16-18-7-5-6-14-27-18)26-28-24-20(32-2)11-12-21(33-3)25(24)35-26/h5-15H,16H2,1-4H3/b13-9+. The molecule has 0 saturated carbocycles. The number of carbonyl (C=O) groups is 1. The average molecular weight is 492 g/mol. The van der Waals surface area contributed by atoms with Crippen LogP contribution in [-0.2, 0) is 11.3 Å². The molecule has 9 heteroatoms. The maximum absolute atomic E-state index is 13.4. The molecular formula is C26H25N3O5S. The molecule has 0 unspecified atom stereocenters. The molecule has 0 spiro atoms. The Morgan fingerprint density at radius 3 is 2.31 bits per heavy atom. The van der Waals surface area contributed by atoms with Crippen molar-refractivity contribution in [1.82, 2.24) is 9.97 Å².